The molecule has 2 aromatic heterocycles. The second-order valence-corrected chi connectivity index (χ2v) is 9.16. The second kappa shape index (κ2) is 8.96. The lowest BCUT2D eigenvalue weighted by Crippen LogP contribution is -2.34. The maximum absolute atomic E-state index is 13.5. The van der Waals surface area contributed by atoms with Crippen molar-refractivity contribution in [2.24, 2.45) is 0 Å². The molecule has 8 heteroatoms. The van der Waals surface area contributed by atoms with E-state index in [1.807, 2.05) is 55.5 Å². The van der Waals surface area contributed by atoms with Crippen molar-refractivity contribution in [2.45, 2.75) is 25.9 Å². The number of benzene rings is 3. The number of H-pyrrole nitrogens is 1. The molecule has 1 aliphatic rings. The van der Waals surface area contributed by atoms with Crippen LogP contribution in [-0.2, 0) is 13.0 Å². The van der Waals surface area contributed by atoms with Gasteiger partial charge >= 0.3 is 0 Å². The molecule has 0 radical (unpaired) electrons. The number of aromatic nitrogens is 5. The Labute approximate surface area is 208 Å². The molecule has 0 saturated heterocycles. The molecular formula is C28H26N6O2. The highest BCUT2D eigenvalue weighted by Gasteiger charge is 2.34. The Balaban J connectivity index is 1.50. The lowest BCUT2D eigenvalue weighted by Gasteiger charge is -2.29. The van der Waals surface area contributed by atoms with E-state index in [0.717, 1.165) is 46.4 Å². The molecule has 1 N–H and O–H groups in total. The zero-order valence-electron chi connectivity index (χ0n) is 20.2. The average Bonchev–Trinajstić information content (AvgIpc) is 3.53. The van der Waals surface area contributed by atoms with Gasteiger partial charge in [0.15, 0.2) is 5.82 Å². The standard InChI is InChI=1S/C28H26N6O2/c1-18-7-12-24-21(15-18)16-23(28(35)29-24)26(33-14-13-20-5-3-4-6-25(20)33)27-30-31-32-34(27)17-19-8-10-22(36-2)11-9-19/h3-12,15-16,26H,13-14,17H2,1-2H3,(H,29,35)/t26-/m1/s1. The van der Waals surface area contributed by atoms with E-state index in [2.05, 4.69) is 49.7 Å². The number of anilines is 1. The number of rotatable bonds is 6. The summed E-state index contributed by atoms with van der Waals surface area (Å²) < 4.78 is 7.07. The van der Waals surface area contributed by atoms with Gasteiger partial charge in [-0.1, -0.05) is 42.0 Å². The van der Waals surface area contributed by atoms with E-state index in [1.54, 1.807) is 11.8 Å². The van der Waals surface area contributed by atoms with Crippen molar-refractivity contribution in [3.8, 4) is 5.75 Å². The van der Waals surface area contributed by atoms with Gasteiger partial charge in [0.25, 0.3) is 5.56 Å². The molecule has 36 heavy (non-hydrogen) atoms. The fraction of sp³-hybridized carbons (Fsp3) is 0.214. The Kier molecular flexibility index (Phi) is 5.48. The third kappa shape index (κ3) is 3.90. The molecule has 5 aromatic rings. The van der Waals surface area contributed by atoms with E-state index < -0.39 is 6.04 Å². The zero-order chi connectivity index (χ0) is 24.6. The smallest absolute Gasteiger partial charge is 0.254 e. The number of pyridine rings is 1. The van der Waals surface area contributed by atoms with Crippen molar-refractivity contribution in [3.05, 3.63) is 111 Å². The number of tetrazole rings is 1. The SMILES string of the molecule is COc1ccc(Cn2nnnc2[C@@H](c2cc3cc(C)ccc3[nH]c2=O)N2CCc3ccccc32)cc1. The molecule has 0 bridgehead atoms. The molecule has 3 heterocycles. The molecule has 0 spiro atoms. The van der Waals surface area contributed by atoms with Crippen LogP contribution in [0.1, 0.15) is 34.1 Å². The molecule has 6 rings (SSSR count). The Morgan fingerprint density at radius 1 is 1.06 bits per heavy atom. The number of para-hydroxylation sites is 1. The highest BCUT2D eigenvalue weighted by molar-refractivity contribution is 5.80. The number of aromatic amines is 1. The van der Waals surface area contributed by atoms with Crippen molar-refractivity contribution < 1.29 is 4.74 Å². The van der Waals surface area contributed by atoms with Gasteiger partial charge < -0.3 is 14.6 Å². The van der Waals surface area contributed by atoms with Crippen LogP contribution >= 0.6 is 0 Å². The average molecular weight is 479 g/mol. The van der Waals surface area contributed by atoms with E-state index >= 15 is 0 Å². The summed E-state index contributed by atoms with van der Waals surface area (Å²) >= 11 is 0. The van der Waals surface area contributed by atoms with Crippen LogP contribution in [0.15, 0.2) is 77.6 Å². The topological polar surface area (TPSA) is 88.9 Å². The van der Waals surface area contributed by atoms with Crippen molar-refractivity contribution in [1.29, 1.82) is 0 Å². The van der Waals surface area contributed by atoms with Crippen molar-refractivity contribution in [3.63, 3.8) is 0 Å². The number of methoxy groups -OCH3 is 1. The largest absolute Gasteiger partial charge is 0.497 e. The lowest BCUT2D eigenvalue weighted by molar-refractivity contribution is 0.414. The number of nitrogens with one attached hydrogen (secondary N) is 1. The summed E-state index contributed by atoms with van der Waals surface area (Å²) in [6.07, 6.45) is 0.900. The summed E-state index contributed by atoms with van der Waals surface area (Å²) in [5, 5.41) is 13.8. The van der Waals surface area contributed by atoms with Crippen LogP contribution in [-0.4, -0.2) is 38.8 Å². The van der Waals surface area contributed by atoms with Gasteiger partial charge in [-0.05, 0) is 76.7 Å². The van der Waals surface area contributed by atoms with Crippen molar-refractivity contribution in [2.75, 3.05) is 18.6 Å². The Morgan fingerprint density at radius 3 is 2.72 bits per heavy atom. The third-order valence-corrected chi connectivity index (χ3v) is 6.85. The number of hydrogen-bond acceptors (Lipinski definition) is 6. The first-order chi connectivity index (χ1) is 17.6. The van der Waals surface area contributed by atoms with Crippen LogP contribution in [0.2, 0.25) is 0 Å². The first-order valence-electron chi connectivity index (χ1n) is 12.0. The fourth-order valence-corrected chi connectivity index (χ4v) is 5.05. The number of hydrogen-bond donors (Lipinski definition) is 1. The molecular weight excluding hydrogens is 452 g/mol. The predicted octanol–water partition coefficient (Wildman–Crippen LogP) is 4.03. The summed E-state index contributed by atoms with van der Waals surface area (Å²) in [6.45, 7) is 3.29. The minimum absolute atomic E-state index is 0.139. The monoisotopic (exact) mass is 478 g/mol. The van der Waals surface area contributed by atoms with Gasteiger partial charge in [0.1, 0.15) is 11.8 Å². The summed E-state index contributed by atoms with van der Waals surface area (Å²) in [5.74, 6) is 1.42. The summed E-state index contributed by atoms with van der Waals surface area (Å²) in [6, 6.07) is 23.7. The molecule has 0 amide bonds. The van der Waals surface area contributed by atoms with Crippen molar-refractivity contribution >= 4 is 16.6 Å². The Hall–Kier alpha value is -4.46. The van der Waals surface area contributed by atoms with Gasteiger partial charge in [0.05, 0.1) is 13.7 Å². The zero-order valence-corrected chi connectivity index (χ0v) is 20.2. The molecule has 1 aliphatic heterocycles. The quantitative estimate of drug-likeness (QED) is 0.396. The normalized spacial score (nSPS) is 13.7. The summed E-state index contributed by atoms with van der Waals surface area (Å²) in [5.41, 5.74) is 5.82. The van der Waals surface area contributed by atoms with Gasteiger partial charge in [0, 0.05) is 23.3 Å². The minimum Gasteiger partial charge on any atom is -0.497 e. The van der Waals surface area contributed by atoms with Crippen LogP contribution in [0.5, 0.6) is 5.75 Å². The molecule has 1 atom stereocenters. The van der Waals surface area contributed by atoms with Crippen LogP contribution in [0, 0.1) is 6.92 Å². The Morgan fingerprint density at radius 2 is 1.89 bits per heavy atom. The van der Waals surface area contributed by atoms with E-state index in [1.165, 1.54) is 5.56 Å². The summed E-state index contributed by atoms with van der Waals surface area (Å²) in [4.78, 5) is 18.8. The maximum Gasteiger partial charge on any atom is 0.254 e. The van der Waals surface area contributed by atoms with Gasteiger partial charge in [-0.15, -0.1) is 5.10 Å². The van der Waals surface area contributed by atoms with Crippen molar-refractivity contribution in [1.82, 2.24) is 25.2 Å². The van der Waals surface area contributed by atoms with Gasteiger partial charge in [0.2, 0.25) is 0 Å². The van der Waals surface area contributed by atoms with E-state index in [9.17, 15) is 4.79 Å². The maximum atomic E-state index is 13.5. The number of fused-ring (bicyclic) bond motifs is 2. The lowest BCUT2D eigenvalue weighted by atomic mass is 10.0. The first-order valence-corrected chi connectivity index (χ1v) is 12.0. The molecule has 8 nitrogen and oxygen atoms in total. The molecule has 0 aliphatic carbocycles. The Bertz CT molecular complexity index is 1610. The molecule has 0 unspecified atom stereocenters. The van der Waals surface area contributed by atoms with E-state index in [-0.39, 0.29) is 5.56 Å². The van der Waals surface area contributed by atoms with Gasteiger partial charge in [-0.3, -0.25) is 4.79 Å². The second-order valence-electron chi connectivity index (χ2n) is 9.16. The predicted molar refractivity (Wildman–Crippen MR) is 139 cm³/mol. The van der Waals surface area contributed by atoms with E-state index in [4.69, 9.17) is 4.74 Å². The van der Waals surface area contributed by atoms with E-state index in [0.29, 0.717) is 17.9 Å². The first kappa shape index (κ1) is 22.0. The van der Waals surface area contributed by atoms with Crippen LogP contribution in [0.3, 0.4) is 0 Å². The summed E-state index contributed by atoms with van der Waals surface area (Å²) in [7, 11) is 1.65. The van der Waals surface area contributed by atoms with Crippen LogP contribution in [0.25, 0.3) is 10.9 Å². The molecule has 3 aromatic carbocycles. The highest BCUT2D eigenvalue weighted by Crippen LogP contribution is 2.37. The third-order valence-electron chi connectivity index (χ3n) is 6.85. The van der Waals surface area contributed by atoms with Gasteiger partial charge in [-0.2, -0.15) is 0 Å². The molecule has 180 valence electrons. The highest BCUT2D eigenvalue weighted by atomic mass is 16.5. The van der Waals surface area contributed by atoms with Crippen LogP contribution in [0.4, 0.5) is 5.69 Å². The molecule has 0 saturated carbocycles. The van der Waals surface area contributed by atoms with Crippen LogP contribution < -0.4 is 15.2 Å². The molecule has 0 fully saturated rings. The number of nitrogens with zero attached hydrogens (tertiary/aromatic N) is 5. The number of ether oxygens (including phenoxy) is 1. The fourth-order valence-electron chi connectivity index (χ4n) is 5.05. The number of aryl methyl sites for hydroxylation is 1. The van der Waals surface area contributed by atoms with Gasteiger partial charge in [-0.25, -0.2) is 4.68 Å². The minimum atomic E-state index is -0.449.